The highest BCUT2D eigenvalue weighted by Gasteiger charge is 2.19. The van der Waals surface area contributed by atoms with Crippen LogP contribution in [0.15, 0.2) is 36.5 Å². The molecule has 0 aliphatic heterocycles. The molecule has 8 heteroatoms. The number of hydrogen-bond acceptors (Lipinski definition) is 5. The molecule has 0 aliphatic rings. The molecule has 1 unspecified atom stereocenters. The molecule has 2 aromatic rings. The lowest BCUT2D eigenvalue weighted by atomic mass is 10.2. The van der Waals surface area contributed by atoms with Gasteiger partial charge in [0.15, 0.2) is 12.7 Å². The van der Waals surface area contributed by atoms with Gasteiger partial charge in [-0.15, -0.1) is 0 Å². The summed E-state index contributed by atoms with van der Waals surface area (Å²) in [5.74, 6) is -0.346. The summed E-state index contributed by atoms with van der Waals surface area (Å²) in [7, 11) is 0. The molecule has 1 heterocycles. The maximum atomic E-state index is 12.0. The largest absolute Gasteiger partial charge is 0.482 e. The van der Waals surface area contributed by atoms with Gasteiger partial charge in [-0.3, -0.25) is 4.79 Å². The highest BCUT2D eigenvalue weighted by atomic mass is 35.5. The minimum Gasteiger partial charge on any atom is -0.482 e. The van der Waals surface area contributed by atoms with Crippen molar-refractivity contribution in [1.29, 1.82) is 0 Å². The van der Waals surface area contributed by atoms with Crippen LogP contribution in [0.1, 0.15) is 12.5 Å². The van der Waals surface area contributed by atoms with Crippen LogP contribution < -0.4 is 10.1 Å². The van der Waals surface area contributed by atoms with Crippen LogP contribution in [0.25, 0.3) is 0 Å². The number of carbonyl (C=O) groups is 2. The van der Waals surface area contributed by atoms with Gasteiger partial charge in [-0.2, -0.15) is 0 Å². The Morgan fingerprint density at radius 3 is 2.56 bits per heavy atom. The van der Waals surface area contributed by atoms with E-state index in [2.05, 4.69) is 10.3 Å². The minimum absolute atomic E-state index is 0.310. The maximum Gasteiger partial charge on any atom is 0.344 e. The van der Waals surface area contributed by atoms with Gasteiger partial charge in [0.05, 0.1) is 5.02 Å². The van der Waals surface area contributed by atoms with Crippen LogP contribution in [-0.2, 0) is 14.3 Å². The molecule has 0 saturated heterocycles. The van der Waals surface area contributed by atoms with Crippen LogP contribution in [0.4, 0.5) is 5.82 Å². The Balaban J connectivity index is 1.82. The van der Waals surface area contributed by atoms with Gasteiger partial charge in [0, 0.05) is 11.2 Å². The SMILES string of the molecule is Cc1cc(Cl)ccc1OCC(=O)OC(C)C(=O)Nc1ccc(Cl)cn1. The third-order valence-electron chi connectivity index (χ3n) is 3.14. The van der Waals surface area contributed by atoms with Gasteiger partial charge < -0.3 is 14.8 Å². The molecule has 0 aliphatic carbocycles. The topological polar surface area (TPSA) is 77.5 Å². The molecule has 1 atom stereocenters. The molecule has 132 valence electrons. The number of nitrogens with one attached hydrogen (secondary N) is 1. The monoisotopic (exact) mass is 382 g/mol. The first kappa shape index (κ1) is 19.0. The maximum absolute atomic E-state index is 12.0. The van der Waals surface area contributed by atoms with Gasteiger partial charge >= 0.3 is 5.97 Å². The van der Waals surface area contributed by atoms with Crippen LogP contribution in [0.5, 0.6) is 5.75 Å². The Morgan fingerprint density at radius 1 is 1.20 bits per heavy atom. The number of aromatic nitrogens is 1. The van der Waals surface area contributed by atoms with E-state index >= 15 is 0 Å². The number of rotatable bonds is 6. The summed E-state index contributed by atoms with van der Waals surface area (Å²) in [6, 6.07) is 8.17. The van der Waals surface area contributed by atoms with Crippen LogP contribution >= 0.6 is 23.2 Å². The second kappa shape index (κ2) is 8.69. The lowest BCUT2D eigenvalue weighted by Gasteiger charge is -2.14. The zero-order valence-electron chi connectivity index (χ0n) is 13.6. The minimum atomic E-state index is -1.00. The van der Waals surface area contributed by atoms with Crippen molar-refractivity contribution < 1.29 is 19.1 Å². The van der Waals surface area contributed by atoms with Crippen LogP contribution in [-0.4, -0.2) is 29.6 Å². The average Bonchev–Trinajstić information content (AvgIpc) is 2.56. The van der Waals surface area contributed by atoms with Gasteiger partial charge in [-0.05, 0) is 49.7 Å². The predicted octanol–water partition coefficient (Wildman–Crippen LogP) is 3.65. The smallest absolute Gasteiger partial charge is 0.344 e. The number of hydrogen-bond donors (Lipinski definition) is 1. The number of esters is 1. The van der Waals surface area contributed by atoms with E-state index in [4.69, 9.17) is 32.7 Å². The number of aryl methyl sites for hydroxylation is 1. The van der Waals surface area contributed by atoms with Crippen molar-refractivity contribution in [1.82, 2.24) is 4.98 Å². The molecule has 6 nitrogen and oxygen atoms in total. The fourth-order valence-corrected chi connectivity index (χ4v) is 2.21. The molecule has 0 saturated carbocycles. The summed E-state index contributed by atoms with van der Waals surface area (Å²) in [4.78, 5) is 27.7. The highest BCUT2D eigenvalue weighted by molar-refractivity contribution is 6.30. The second-order valence-electron chi connectivity index (χ2n) is 5.18. The zero-order chi connectivity index (χ0) is 18.4. The number of anilines is 1. The molecular weight excluding hydrogens is 367 g/mol. The Kier molecular flexibility index (Phi) is 6.61. The molecule has 0 spiro atoms. The summed E-state index contributed by atoms with van der Waals surface area (Å²) >= 11 is 11.6. The van der Waals surface area contributed by atoms with Crippen molar-refractivity contribution in [2.24, 2.45) is 0 Å². The molecule has 1 amide bonds. The van der Waals surface area contributed by atoms with Crippen LogP contribution in [0.2, 0.25) is 10.0 Å². The first-order valence-electron chi connectivity index (χ1n) is 7.36. The molecule has 0 fully saturated rings. The lowest BCUT2D eigenvalue weighted by Crippen LogP contribution is -2.32. The standard InChI is InChI=1S/C17H16Cl2N2O4/c1-10-7-12(18)3-5-14(10)24-9-16(22)25-11(2)17(23)21-15-6-4-13(19)8-20-15/h3-8,11H,9H2,1-2H3,(H,20,21,23). The first-order chi connectivity index (χ1) is 11.8. The van der Waals surface area contributed by atoms with E-state index in [0.717, 1.165) is 5.56 Å². The van der Waals surface area contributed by atoms with Crippen molar-refractivity contribution in [2.45, 2.75) is 20.0 Å². The Labute approximate surface area is 155 Å². The summed E-state index contributed by atoms with van der Waals surface area (Å²) in [5, 5.41) is 3.55. The number of carbonyl (C=O) groups excluding carboxylic acids is 2. The van der Waals surface area contributed by atoms with E-state index in [1.165, 1.54) is 13.1 Å². The molecule has 25 heavy (non-hydrogen) atoms. The van der Waals surface area contributed by atoms with E-state index < -0.39 is 18.0 Å². The average molecular weight is 383 g/mol. The number of pyridine rings is 1. The zero-order valence-corrected chi connectivity index (χ0v) is 15.1. The fraction of sp³-hybridized carbons (Fsp3) is 0.235. The molecule has 1 aromatic heterocycles. The predicted molar refractivity (Wildman–Crippen MR) is 95.1 cm³/mol. The third-order valence-corrected chi connectivity index (χ3v) is 3.60. The van der Waals surface area contributed by atoms with E-state index in [1.54, 1.807) is 30.3 Å². The summed E-state index contributed by atoms with van der Waals surface area (Å²) < 4.78 is 10.4. The number of halogens is 2. The Morgan fingerprint density at radius 2 is 1.92 bits per heavy atom. The van der Waals surface area contributed by atoms with Gasteiger partial charge in [0.2, 0.25) is 0 Å². The van der Waals surface area contributed by atoms with Crippen molar-refractivity contribution >= 4 is 40.9 Å². The number of amides is 1. The van der Waals surface area contributed by atoms with Crippen molar-refractivity contribution in [2.75, 3.05) is 11.9 Å². The van der Waals surface area contributed by atoms with E-state index in [0.29, 0.717) is 21.6 Å². The second-order valence-corrected chi connectivity index (χ2v) is 6.05. The normalized spacial score (nSPS) is 11.5. The van der Waals surface area contributed by atoms with Crippen molar-refractivity contribution in [3.63, 3.8) is 0 Å². The Bertz CT molecular complexity index is 766. The first-order valence-corrected chi connectivity index (χ1v) is 8.11. The lowest BCUT2D eigenvalue weighted by molar-refractivity contribution is -0.155. The molecule has 0 radical (unpaired) electrons. The summed E-state index contributed by atoms with van der Waals surface area (Å²) in [6.07, 6.45) is 0.399. The molecule has 1 aromatic carbocycles. The van der Waals surface area contributed by atoms with E-state index in [-0.39, 0.29) is 6.61 Å². The van der Waals surface area contributed by atoms with Gasteiger partial charge in [-0.1, -0.05) is 23.2 Å². The summed E-state index contributed by atoms with van der Waals surface area (Å²) in [5.41, 5.74) is 0.792. The third kappa shape index (κ3) is 5.92. The van der Waals surface area contributed by atoms with E-state index in [9.17, 15) is 9.59 Å². The Hall–Kier alpha value is -2.31. The quantitative estimate of drug-likeness (QED) is 0.771. The van der Waals surface area contributed by atoms with Gasteiger partial charge in [0.1, 0.15) is 11.6 Å². The van der Waals surface area contributed by atoms with E-state index in [1.807, 2.05) is 6.92 Å². The number of ether oxygens (including phenoxy) is 2. The summed E-state index contributed by atoms with van der Waals surface area (Å²) in [6.45, 7) is 2.94. The number of nitrogens with zero attached hydrogens (tertiary/aromatic N) is 1. The van der Waals surface area contributed by atoms with Crippen LogP contribution in [0.3, 0.4) is 0 Å². The van der Waals surface area contributed by atoms with Gasteiger partial charge in [0.25, 0.3) is 5.91 Å². The molecule has 0 bridgehead atoms. The molecule has 2 rings (SSSR count). The molecular formula is C17H16Cl2N2O4. The van der Waals surface area contributed by atoms with Gasteiger partial charge in [-0.25, -0.2) is 9.78 Å². The molecule has 1 N–H and O–H groups in total. The fourth-order valence-electron chi connectivity index (χ4n) is 1.87. The van der Waals surface area contributed by atoms with Crippen molar-refractivity contribution in [3.05, 3.63) is 52.1 Å². The highest BCUT2D eigenvalue weighted by Crippen LogP contribution is 2.21. The number of benzene rings is 1. The van der Waals surface area contributed by atoms with Crippen molar-refractivity contribution in [3.8, 4) is 5.75 Å². The van der Waals surface area contributed by atoms with Crippen LogP contribution in [0, 0.1) is 6.92 Å².